The van der Waals surface area contributed by atoms with E-state index in [1.165, 1.54) is 0 Å². The zero-order chi connectivity index (χ0) is 14.1. The molecule has 0 unspecified atom stereocenters. The van der Waals surface area contributed by atoms with Crippen LogP contribution in [0, 0.1) is 5.92 Å². The highest BCUT2D eigenvalue weighted by molar-refractivity contribution is 5.70. The molecule has 20 heavy (non-hydrogen) atoms. The lowest BCUT2D eigenvalue weighted by Gasteiger charge is -2.36. The average molecular weight is 277 g/mol. The maximum atomic E-state index is 11.2. The van der Waals surface area contributed by atoms with Gasteiger partial charge < -0.3 is 14.6 Å². The molecule has 3 rings (SSSR count). The van der Waals surface area contributed by atoms with Crippen molar-refractivity contribution in [1.29, 1.82) is 0 Å². The molecule has 5 nitrogen and oxygen atoms in total. The van der Waals surface area contributed by atoms with Crippen LogP contribution in [-0.4, -0.2) is 35.4 Å². The van der Waals surface area contributed by atoms with Crippen molar-refractivity contribution in [2.45, 2.75) is 32.4 Å². The summed E-state index contributed by atoms with van der Waals surface area (Å²) < 4.78 is 10.9. The van der Waals surface area contributed by atoms with Gasteiger partial charge in [-0.05, 0) is 25.8 Å². The molecule has 2 aliphatic rings. The molecule has 1 N–H and O–H groups in total. The Bertz CT molecular complexity index is 517. The summed E-state index contributed by atoms with van der Waals surface area (Å²) in [6.07, 6.45) is 1.68. The van der Waals surface area contributed by atoms with Gasteiger partial charge in [0.1, 0.15) is 0 Å². The number of carbonyl (C=O) groups is 1. The molecule has 0 spiro atoms. The van der Waals surface area contributed by atoms with Gasteiger partial charge in [0.25, 0.3) is 0 Å². The van der Waals surface area contributed by atoms with E-state index >= 15 is 0 Å². The van der Waals surface area contributed by atoms with Gasteiger partial charge in [0, 0.05) is 24.7 Å². The Morgan fingerprint density at radius 3 is 3.05 bits per heavy atom. The third-order valence-corrected chi connectivity index (χ3v) is 4.21. The zero-order valence-electron chi connectivity index (χ0n) is 11.5. The van der Waals surface area contributed by atoms with E-state index in [9.17, 15) is 9.90 Å². The second-order valence-electron chi connectivity index (χ2n) is 5.54. The summed E-state index contributed by atoms with van der Waals surface area (Å²) in [5, 5.41) is 9.19. The van der Waals surface area contributed by atoms with E-state index in [-0.39, 0.29) is 12.7 Å². The molecule has 1 saturated heterocycles. The molecule has 5 heteroatoms. The molecule has 1 aromatic rings. The fourth-order valence-electron chi connectivity index (χ4n) is 2.94. The molecule has 2 atom stereocenters. The van der Waals surface area contributed by atoms with Crippen molar-refractivity contribution in [1.82, 2.24) is 4.90 Å². The monoisotopic (exact) mass is 277 g/mol. The average Bonchev–Trinajstić information content (AvgIpc) is 2.90. The van der Waals surface area contributed by atoms with E-state index in [1.807, 2.05) is 18.2 Å². The van der Waals surface area contributed by atoms with Gasteiger partial charge in [0.2, 0.25) is 6.79 Å². The van der Waals surface area contributed by atoms with Gasteiger partial charge in [-0.25, -0.2) is 0 Å². The van der Waals surface area contributed by atoms with Crippen molar-refractivity contribution in [2.24, 2.45) is 5.92 Å². The summed E-state index contributed by atoms with van der Waals surface area (Å²) in [5.74, 6) is 0.624. The smallest absolute Gasteiger partial charge is 0.307 e. The first-order chi connectivity index (χ1) is 9.65. The highest BCUT2D eigenvalue weighted by atomic mass is 16.7. The lowest BCUT2D eigenvalue weighted by atomic mass is 9.93. The van der Waals surface area contributed by atoms with E-state index in [0.717, 1.165) is 29.9 Å². The summed E-state index contributed by atoms with van der Waals surface area (Å²) >= 11 is 0. The predicted octanol–water partition coefficient (Wildman–Crippen LogP) is 2.10. The largest absolute Gasteiger partial charge is 0.481 e. The molecule has 1 fully saturated rings. The molecular weight excluding hydrogens is 258 g/mol. The SMILES string of the molecule is C[C@H]1CC[C@H](C(=O)O)CN1Cc1cccc2c1OCO2. The van der Waals surface area contributed by atoms with Gasteiger partial charge in [-0.15, -0.1) is 0 Å². The van der Waals surface area contributed by atoms with E-state index < -0.39 is 5.97 Å². The van der Waals surface area contributed by atoms with Crippen molar-refractivity contribution in [3.8, 4) is 11.5 Å². The summed E-state index contributed by atoms with van der Waals surface area (Å²) in [6, 6.07) is 6.26. The number of fused-ring (bicyclic) bond motifs is 1. The molecule has 108 valence electrons. The summed E-state index contributed by atoms with van der Waals surface area (Å²) in [7, 11) is 0. The Kier molecular flexibility index (Phi) is 3.53. The third-order valence-electron chi connectivity index (χ3n) is 4.21. The van der Waals surface area contributed by atoms with Gasteiger partial charge in [-0.2, -0.15) is 0 Å². The number of nitrogens with zero attached hydrogens (tertiary/aromatic N) is 1. The standard InChI is InChI=1S/C15H19NO4/c1-10-5-6-12(15(17)18)8-16(10)7-11-3-2-4-13-14(11)20-9-19-13/h2-4,10,12H,5-9H2,1H3,(H,17,18)/t10-,12-/m0/s1. The van der Waals surface area contributed by atoms with Crippen LogP contribution in [0.15, 0.2) is 18.2 Å². The number of benzene rings is 1. The topological polar surface area (TPSA) is 59.0 Å². The van der Waals surface area contributed by atoms with Gasteiger partial charge in [0.15, 0.2) is 11.5 Å². The van der Waals surface area contributed by atoms with Crippen molar-refractivity contribution in [2.75, 3.05) is 13.3 Å². The number of carboxylic acids is 1. The Balaban J connectivity index is 1.76. The number of carboxylic acid groups (broad SMARTS) is 1. The number of rotatable bonds is 3. The van der Waals surface area contributed by atoms with Crippen LogP contribution in [0.3, 0.4) is 0 Å². The highest BCUT2D eigenvalue weighted by Crippen LogP contribution is 2.37. The van der Waals surface area contributed by atoms with Crippen LogP contribution in [0.1, 0.15) is 25.3 Å². The van der Waals surface area contributed by atoms with Gasteiger partial charge in [0.05, 0.1) is 5.92 Å². The number of aliphatic carboxylic acids is 1. The molecule has 0 aliphatic carbocycles. The second kappa shape index (κ2) is 5.32. The quantitative estimate of drug-likeness (QED) is 0.917. The number of para-hydroxylation sites is 1. The number of hydrogen-bond donors (Lipinski definition) is 1. The molecule has 2 heterocycles. The van der Waals surface area contributed by atoms with Crippen molar-refractivity contribution in [3.63, 3.8) is 0 Å². The molecule has 0 amide bonds. The minimum Gasteiger partial charge on any atom is -0.481 e. The van der Waals surface area contributed by atoms with Gasteiger partial charge >= 0.3 is 5.97 Å². The Hall–Kier alpha value is -1.75. The predicted molar refractivity (Wildman–Crippen MR) is 72.8 cm³/mol. The lowest BCUT2D eigenvalue weighted by molar-refractivity contribution is -0.144. The summed E-state index contributed by atoms with van der Waals surface area (Å²) in [4.78, 5) is 13.4. The van der Waals surface area contributed by atoms with Crippen LogP contribution < -0.4 is 9.47 Å². The van der Waals surface area contributed by atoms with Crippen molar-refractivity contribution >= 4 is 5.97 Å². The van der Waals surface area contributed by atoms with E-state index in [1.54, 1.807) is 0 Å². The fourth-order valence-corrected chi connectivity index (χ4v) is 2.94. The fraction of sp³-hybridized carbons (Fsp3) is 0.533. The van der Waals surface area contributed by atoms with Crippen molar-refractivity contribution in [3.05, 3.63) is 23.8 Å². The second-order valence-corrected chi connectivity index (χ2v) is 5.54. The normalized spacial score (nSPS) is 25.6. The Morgan fingerprint density at radius 1 is 1.40 bits per heavy atom. The molecule has 0 saturated carbocycles. The number of ether oxygens (including phenoxy) is 2. The first-order valence-electron chi connectivity index (χ1n) is 6.99. The maximum Gasteiger partial charge on any atom is 0.307 e. The van der Waals surface area contributed by atoms with Crippen LogP contribution >= 0.6 is 0 Å². The summed E-state index contributed by atoms with van der Waals surface area (Å²) in [5.41, 5.74) is 1.07. The Morgan fingerprint density at radius 2 is 2.25 bits per heavy atom. The molecule has 1 aromatic carbocycles. The first-order valence-corrected chi connectivity index (χ1v) is 6.99. The van der Waals surface area contributed by atoms with Crippen LogP contribution in [0.4, 0.5) is 0 Å². The van der Waals surface area contributed by atoms with Crippen molar-refractivity contribution < 1.29 is 19.4 Å². The van der Waals surface area contributed by atoms with E-state index in [0.29, 0.717) is 19.1 Å². The number of likely N-dealkylation sites (tertiary alicyclic amines) is 1. The van der Waals surface area contributed by atoms with Crippen LogP contribution in [0.25, 0.3) is 0 Å². The molecular formula is C15H19NO4. The molecule has 0 bridgehead atoms. The van der Waals surface area contributed by atoms with E-state index in [4.69, 9.17) is 9.47 Å². The summed E-state index contributed by atoms with van der Waals surface area (Å²) in [6.45, 7) is 3.72. The third kappa shape index (κ3) is 2.45. The highest BCUT2D eigenvalue weighted by Gasteiger charge is 2.30. The van der Waals surface area contributed by atoms with Crippen LogP contribution in [0.5, 0.6) is 11.5 Å². The van der Waals surface area contributed by atoms with Gasteiger partial charge in [-0.3, -0.25) is 9.69 Å². The molecule has 2 aliphatic heterocycles. The number of piperidine rings is 1. The first kappa shape index (κ1) is 13.2. The maximum absolute atomic E-state index is 11.2. The van der Waals surface area contributed by atoms with Crippen LogP contribution in [-0.2, 0) is 11.3 Å². The molecule has 0 aromatic heterocycles. The Labute approximate surface area is 118 Å². The number of hydrogen-bond acceptors (Lipinski definition) is 4. The minimum atomic E-state index is -0.695. The van der Waals surface area contributed by atoms with Crippen LogP contribution in [0.2, 0.25) is 0 Å². The van der Waals surface area contributed by atoms with Gasteiger partial charge in [-0.1, -0.05) is 12.1 Å². The minimum absolute atomic E-state index is 0.264. The lowest BCUT2D eigenvalue weighted by Crippen LogP contribution is -2.43. The van der Waals surface area contributed by atoms with E-state index in [2.05, 4.69) is 11.8 Å². The zero-order valence-corrected chi connectivity index (χ0v) is 11.5. The molecule has 0 radical (unpaired) electrons.